The number of para-hydroxylation sites is 1. The number of hydrogen-bond acceptors (Lipinski definition) is 1. The van der Waals surface area contributed by atoms with E-state index in [-0.39, 0.29) is 10.8 Å². The van der Waals surface area contributed by atoms with Gasteiger partial charge in [-0.3, -0.25) is 0 Å². The van der Waals surface area contributed by atoms with Crippen LogP contribution in [0.3, 0.4) is 0 Å². The van der Waals surface area contributed by atoms with Crippen LogP contribution >= 0.6 is 0 Å². The summed E-state index contributed by atoms with van der Waals surface area (Å²) in [6.45, 7) is 6.73. The van der Waals surface area contributed by atoms with E-state index in [0.29, 0.717) is 0 Å². The monoisotopic (exact) mass is 707 g/mol. The quantitative estimate of drug-likeness (QED) is 0.173. The van der Waals surface area contributed by atoms with Crippen LogP contribution in [-0.4, -0.2) is 7.05 Å². The molecule has 0 amide bonds. The van der Waals surface area contributed by atoms with Crippen LogP contribution in [0.4, 0.5) is 11.4 Å². The highest BCUT2D eigenvalue weighted by molar-refractivity contribution is 5.94. The van der Waals surface area contributed by atoms with Gasteiger partial charge in [0.05, 0.1) is 5.41 Å². The summed E-state index contributed by atoms with van der Waals surface area (Å²) < 4.78 is 0. The second kappa shape index (κ2) is 13.8. The number of fused-ring (bicyclic) bond motifs is 13. The Kier molecular flexibility index (Phi) is 8.59. The summed E-state index contributed by atoms with van der Waals surface area (Å²) in [5, 5.41) is 0. The van der Waals surface area contributed by atoms with E-state index in [1.165, 1.54) is 83.7 Å². The molecule has 0 unspecified atom stereocenters. The van der Waals surface area contributed by atoms with Crippen molar-refractivity contribution in [1.29, 1.82) is 0 Å². The van der Waals surface area contributed by atoms with Crippen LogP contribution in [0.15, 0.2) is 200 Å². The smallest absolute Gasteiger partial charge is 0.0725 e. The normalized spacial score (nSPS) is 13.7. The van der Waals surface area contributed by atoms with Gasteiger partial charge in [-0.2, -0.15) is 0 Å². The van der Waals surface area contributed by atoms with E-state index in [1.807, 2.05) is 18.2 Å². The third-order valence-corrected chi connectivity index (χ3v) is 11.9. The first-order chi connectivity index (χ1) is 26.9. The lowest BCUT2D eigenvalue weighted by Gasteiger charge is -2.30. The minimum absolute atomic E-state index is 0.0550. The molecule has 11 rings (SSSR count). The number of aryl methyl sites for hydroxylation is 1. The number of rotatable bonds is 2. The predicted octanol–water partition coefficient (Wildman–Crippen LogP) is 13.8. The van der Waals surface area contributed by atoms with Gasteiger partial charge in [-0.15, -0.1) is 0 Å². The fourth-order valence-corrected chi connectivity index (χ4v) is 9.29. The Labute approximate surface area is 326 Å². The molecule has 1 heteroatoms. The summed E-state index contributed by atoms with van der Waals surface area (Å²) in [4.78, 5) is 2.25. The highest BCUT2D eigenvalue weighted by atomic mass is 15.1. The minimum Gasteiger partial charge on any atom is -0.345 e. The standard InChI is InChI=1S/C25H16.C22H21N.C7H8/c1-5-13-21-17(9-1)18-10-2-6-14-22(18)25(21)23-15-7-3-11-19(23)20-12-4-8-16-24(20)25;1-22(2)20-12-8-7-11-18(20)19-14-13-17(15-21(19)22)23(3)16-9-5-4-6-10-16;1-7-5-3-2-4-6-7/h1-16H;4-15H,1-3H3;2-6H,1H3. The van der Waals surface area contributed by atoms with Crippen molar-refractivity contribution in [3.8, 4) is 33.4 Å². The van der Waals surface area contributed by atoms with Gasteiger partial charge in [0.25, 0.3) is 0 Å². The van der Waals surface area contributed by atoms with Crippen molar-refractivity contribution in [2.45, 2.75) is 31.6 Å². The van der Waals surface area contributed by atoms with E-state index in [9.17, 15) is 0 Å². The Morgan fingerprint density at radius 3 is 1.09 bits per heavy atom. The molecular formula is C54H45N. The average molecular weight is 708 g/mol. The third-order valence-electron chi connectivity index (χ3n) is 11.9. The molecule has 0 atom stereocenters. The van der Waals surface area contributed by atoms with E-state index in [1.54, 1.807) is 0 Å². The zero-order valence-corrected chi connectivity index (χ0v) is 32.0. The van der Waals surface area contributed by atoms with Crippen molar-refractivity contribution in [1.82, 2.24) is 0 Å². The van der Waals surface area contributed by atoms with Gasteiger partial charge in [0, 0.05) is 23.8 Å². The van der Waals surface area contributed by atoms with Crippen molar-refractivity contribution in [3.63, 3.8) is 0 Å². The Morgan fingerprint density at radius 1 is 0.327 bits per heavy atom. The summed E-state index contributed by atoms with van der Waals surface area (Å²) in [7, 11) is 2.13. The lowest BCUT2D eigenvalue weighted by Crippen LogP contribution is -2.25. The molecule has 0 aromatic heterocycles. The van der Waals surface area contributed by atoms with Gasteiger partial charge in [-0.05, 0) is 98.0 Å². The molecule has 0 radical (unpaired) electrons. The van der Waals surface area contributed by atoms with Crippen molar-refractivity contribution < 1.29 is 0 Å². The van der Waals surface area contributed by atoms with Gasteiger partial charge in [-0.25, -0.2) is 0 Å². The van der Waals surface area contributed by atoms with E-state index in [4.69, 9.17) is 0 Å². The number of anilines is 2. The van der Waals surface area contributed by atoms with Crippen LogP contribution < -0.4 is 4.90 Å². The van der Waals surface area contributed by atoms with E-state index < -0.39 is 0 Å². The first kappa shape index (κ1) is 34.3. The van der Waals surface area contributed by atoms with Crippen LogP contribution in [0.1, 0.15) is 52.8 Å². The average Bonchev–Trinajstić information content (AvgIpc) is 3.80. The molecule has 0 saturated carbocycles. The Morgan fingerprint density at radius 2 is 0.673 bits per heavy atom. The van der Waals surface area contributed by atoms with Crippen molar-refractivity contribution >= 4 is 11.4 Å². The van der Waals surface area contributed by atoms with E-state index in [0.717, 1.165) is 0 Å². The highest BCUT2D eigenvalue weighted by Crippen LogP contribution is 2.62. The van der Waals surface area contributed by atoms with Crippen LogP contribution in [-0.2, 0) is 10.8 Å². The van der Waals surface area contributed by atoms with Gasteiger partial charge in [0.2, 0.25) is 0 Å². The molecular weight excluding hydrogens is 663 g/mol. The zero-order valence-electron chi connectivity index (χ0n) is 32.0. The first-order valence-corrected chi connectivity index (χ1v) is 19.3. The minimum atomic E-state index is -0.180. The van der Waals surface area contributed by atoms with Gasteiger partial charge < -0.3 is 4.90 Å². The molecule has 0 heterocycles. The van der Waals surface area contributed by atoms with Crippen LogP contribution in [0, 0.1) is 6.92 Å². The number of nitrogens with zero attached hydrogens (tertiary/aromatic N) is 1. The summed E-state index contributed by atoms with van der Waals surface area (Å²) >= 11 is 0. The topological polar surface area (TPSA) is 3.24 Å². The summed E-state index contributed by atoms with van der Waals surface area (Å²) in [5.74, 6) is 0. The second-order valence-electron chi connectivity index (χ2n) is 15.4. The second-order valence-corrected chi connectivity index (χ2v) is 15.4. The molecule has 3 aliphatic carbocycles. The fraction of sp³-hybridized carbons (Fsp3) is 0.111. The van der Waals surface area contributed by atoms with E-state index in [2.05, 4.69) is 215 Å². The molecule has 1 spiro atoms. The van der Waals surface area contributed by atoms with Gasteiger partial charge in [0.1, 0.15) is 0 Å². The third kappa shape index (κ3) is 5.53. The predicted molar refractivity (Wildman–Crippen MR) is 232 cm³/mol. The highest BCUT2D eigenvalue weighted by Gasteiger charge is 2.51. The Balaban J connectivity index is 0.000000123. The van der Waals surface area contributed by atoms with Crippen molar-refractivity contribution in [2.24, 2.45) is 0 Å². The summed E-state index contributed by atoms with van der Waals surface area (Å²) in [6, 6.07) is 72.1. The molecule has 0 N–H and O–H groups in total. The lowest BCUT2D eigenvalue weighted by molar-refractivity contribution is 0.660. The molecule has 1 nitrogen and oxygen atoms in total. The molecule has 3 aliphatic rings. The molecule has 266 valence electrons. The molecule has 8 aromatic rings. The van der Waals surface area contributed by atoms with Crippen LogP contribution in [0.25, 0.3) is 33.4 Å². The summed E-state index contributed by atoms with van der Waals surface area (Å²) in [5.41, 5.74) is 20.3. The molecule has 0 bridgehead atoms. The van der Waals surface area contributed by atoms with Crippen LogP contribution in [0.5, 0.6) is 0 Å². The Hall–Kier alpha value is -6.44. The van der Waals surface area contributed by atoms with E-state index >= 15 is 0 Å². The number of hydrogen-bond donors (Lipinski definition) is 0. The lowest BCUT2D eigenvalue weighted by atomic mass is 9.70. The van der Waals surface area contributed by atoms with Gasteiger partial charge >= 0.3 is 0 Å². The molecule has 0 aliphatic heterocycles. The van der Waals surface area contributed by atoms with Gasteiger partial charge in [-0.1, -0.05) is 195 Å². The fourth-order valence-electron chi connectivity index (χ4n) is 9.29. The van der Waals surface area contributed by atoms with Gasteiger partial charge in [0.15, 0.2) is 0 Å². The largest absolute Gasteiger partial charge is 0.345 e. The van der Waals surface area contributed by atoms with Crippen LogP contribution in [0.2, 0.25) is 0 Å². The molecule has 55 heavy (non-hydrogen) atoms. The molecule has 0 fully saturated rings. The molecule has 0 saturated heterocycles. The molecule has 8 aromatic carbocycles. The summed E-state index contributed by atoms with van der Waals surface area (Å²) in [6.07, 6.45) is 0. The SMILES string of the molecule is CN(c1ccccc1)c1ccc2c(c1)C(C)(C)c1ccccc1-2.Cc1ccccc1.c1ccc2c(c1)-c1ccccc1C21c2ccccc2-c2ccccc21. The zero-order chi connectivity index (χ0) is 37.6. The van der Waals surface area contributed by atoms with Crippen molar-refractivity contribution in [2.75, 3.05) is 11.9 Å². The maximum atomic E-state index is 2.35. The number of benzene rings is 8. The Bertz CT molecular complexity index is 2460. The first-order valence-electron chi connectivity index (χ1n) is 19.3. The maximum absolute atomic E-state index is 2.35. The van der Waals surface area contributed by atoms with Crippen molar-refractivity contribution in [3.05, 3.63) is 239 Å². The maximum Gasteiger partial charge on any atom is 0.0725 e.